The summed E-state index contributed by atoms with van der Waals surface area (Å²) < 4.78 is 7.63. The molecule has 3 aromatic rings. The van der Waals surface area contributed by atoms with Crippen LogP contribution in [-0.2, 0) is 20.0 Å². The summed E-state index contributed by atoms with van der Waals surface area (Å²) in [5.41, 5.74) is 1.02. The molecule has 1 saturated heterocycles. The van der Waals surface area contributed by atoms with Crippen LogP contribution >= 0.6 is 11.3 Å². The van der Waals surface area contributed by atoms with Gasteiger partial charge in [0, 0.05) is 45.0 Å². The zero-order chi connectivity index (χ0) is 16.4. The number of likely N-dealkylation sites (tertiary alicyclic amines) is 1. The van der Waals surface area contributed by atoms with Crippen LogP contribution in [0.5, 0.6) is 0 Å². The highest BCUT2D eigenvalue weighted by atomic mass is 32.1. The highest BCUT2D eigenvalue weighted by Gasteiger charge is 2.22. The summed E-state index contributed by atoms with van der Waals surface area (Å²) >= 11 is 1.68. The summed E-state index contributed by atoms with van der Waals surface area (Å²) in [5.74, 6) is 2.73. The van der Waals surface area contributed by atoms with E-state index in [1.54, 1.807) is 11.3 Å². The summed E-state index contributed by atoms with van der Waals surface area (Å²) in [4.78, 5) is 8.10. The maximum Gasteiger partial charge on any atom is 0.177 e. The predicted molar refractivity (Wildman–Crippen MR) is 94.7 cm³/mol. The number of hydrogen-bond donors (Lipinski definition) is 0. The molecule has 0 aliphatic carbocycles. The van der Waals surface area contributed by atoms with Crippen LogP contribution in [0.1, 0.15) is 24.4 Å². The first-order valence-corrected chi connectivity index (χ1v) is 9.34. The average molecular weight is 342 g/mol. The molecule has 0 spiro atoms. The predicted octanol–water partition coefficient (Wildman–Crippen LogP) is 3.59. The van der Waals surface area contributed by atoms with Gasteiger partial charge in [0.2, 0.25) is 0 Å². The lowest BCUT2D eigenvalue weighted by Crippen LogP contribution is -2.36. The lowest BCUT2D eigenvalue weighted by atomic mass is 9.94. The van der Waals surface area contributed by atoms with E-state index in [0.717, 1.165) is 42.4 Å². The van der Waals surface area contributed by atoms with E-state index in [0.29, 0.717) is 5.92 Å². The zero-order valence-electron chi connectivity index (χ0n) is 13.9. The smallest absolute Gasteiger partial charge is 0.177 e. The molecule has 4 rings (SSSR count). The average Bonchev–Trinajstić information content (AvgIpc) is 3.31. The maximum absolute atomic E-state index is 5.50. The number of nitrogens with zero attached hydrogens (tertiary/aromatic N) is 4. The Morgan fingerprint density at radius 1 is 1.42 bits per heavy atom. The molecule has 24 heavy (non-hydrogen) atoms. The molecule has 0 saturated carbocycles. The highest BCUT2D eigenvalue weighted by Crippen LogP contribution is 2.26. The largest absolute Gasteiger partial charge is 0.355 e. The molecule has 0 amide bonds. The molecule has 0 N–H and O–H groups in total. The third-order valence-corrected chi connectivity index (χ3v) is 5.59. The van der Waals surface area contributed by atoms with Gasteiger partial charge in [-0.1, -0.05) is 11.2 Å². The number of rotatable bonds is 5. The van der Waals surface area contributed by atoms with Gasteiger partial charge in [0.1, 0.15) is 5.82 Å². The fraction of sp³-hybridized carbons (Fsp3) is 0.444. The molecule has 5 nitrogen and oxygen atoms in total. The summed E-state index contributed by atoms with van der Waals surface area (Å²) in [6, 6.07) is 6.18. The van der Waals surface area contributed by atoms with Gasteiger partial charge in [0.15, 0.2) is 5.76 Å². The Morgan fingerprint density at radius 3 is 3.17 bits per heavy atom. The van der Waals surface area contributed by atoms with E-state index in [1.807, 2.05) is 18.5 Å². The Morgan fingerprint density at radius 2 is 2.38 bits per heavy atom. The van der Waals surface area contributed by atoms with E-state index in [1.165, 1.54) is 18.7 Å². The first-order valence-electron chi connectivity index (χ1n) is 8.46. The van der Waals surface area contributed by atoms with Crippen molar-refractivity contribution in [3.8, 4) is 10.6 Å². The minimum atomic E-state index is 0.670. The second kappa shape index (κ2) is 6.91. The molecular formula is C18H22N4OS. The summed E-state index contributed by atoms with van der Waals surface area (Å²) in [5, 5.41) is 6.31. The molecule has 1 atom stereocenters. The second-order valence-electron chi connectivity index (χ2n) is 6.56. The molecule has 6 heteroatoms. The molecule has 3 aromatic heterocycles. The quantitative estimate of drug-likeness (QED) is 0.711. The third-order valence-electron chi connectivity index (χ3n) is 4.70. The van der Waals surface area contributed by atoms with Crippen LogP contribution in [0.2, 0.25) is 0 Å². The summed E-state index contributed by atoms with van der Waals surface area (Å²) in [7, 11) is 2.07. The second-order valence-corrected chi connectivity index (χ2v) is 7.51. The van der Waals surface area contributed by atoms with Gasteiger partial charge in [0.25, 0.3) is 0 Å². The van der Waals surface area contributed by atoms with Gasteiger partial charge in [-0.15, -0.1) is 11.3 Å². The van der Waals surface area contributed by atoms with Crippen molar-refractivity contribution < 1.29 is 4.52 Å². The van der Waals surface area contributed by atoms with E-state index >= 15 is 0 Å². The number of aromatic nitrogens is 3. The van der Waals surface area contributed by atoms with Crippen LogP contribution in [-0.4, -0.2) is 32.7 Å². The lowest BCUT2D eigenvalue weighted by molar-refractivity contribution is 0.162. The Hall–Kier alpha value is -1.92. The van der Waals surface area contributed by atoms with Crippen LogP contribution in [0.4, 0.5) is 0 Å². The van der Waals surface area contributed by atoms with Crippen LogP contribution in [0.3, 0.4) is 0 Å². The van der Waals surface area contributed by atoms with E-state index in [2.05, 4.69) is 44.2 Å². The van der Waals surface area contributed by atoms with Gasteiger partial charge in [0.05, 0.1) is 10.6 Å². The van der Waals surface area contributed by atoms with Crippen molar-refractivity contribution in [1.29, 1.82) is 0 Å². The van der Waals surface area contributed by atoms with Crippen molar-refractivity contribution in [3.05, 3.63) is 47.5 Å². The van der Waals surface area contributed by atoms with Crippen molar-refractivity contribution in [2.24, 2.45) is 13.0 Å². The molecule has 0 bridgehead atoms. The fourth-order valence-corrected chi connectivity index (χ4v) is 4.14. The van der Waals surface area contributed by atoms with Gasteiger partial charge >= 0.3 is 0 Å². The minimum absolute atomic E-state index is 0.670. The van der Waals surface area contributed by atoms with Crippen molar-refractivity contribution in [2.45, 2.75) is 25.8 Å². The lowest BCUT2D eigenvalue weighted by Gasteiger charge is -2.32. The normalized spacial score (nSPS) is 19.0. The van der Waals surface area contributed by atoms with Crippen molar-refractivity contribution in [1.82, 2.24) is 19.6 Å². The Labute approximate surface area is 145 Å². The van der Waals surface area contributed by atoms with Gasteiger partial charge in [-0.25, -0.2) is 4.98 Å². The van der Waals surface area contributed by atoms with Crippen molar-refractivity contribution >= 4 is 11.3 Å². The molecule has 126 valence electrons. The molecule has 0 unspecified atom stereocenters. The SMILES string of the molecule is Cn1ccnc1C[C@@H]1CCCN(Cc2cc(-c3cccs3)on2)C1. The van der Waals surface area contributed by atoms with Crippen LogP contribution < -0.4 is 0 Å². The molecule has 4 heterocycles. The molecule has 1 fully saturated rings. The minimum Gasteiger partial charge on any atom is -0.355 e. The molecule has 1 aliphatic heterocycles. The standard InChI is InChI=1S/C18H22N4OS/c1-21-8-6-19-18(21)10-14-4-2-7-22(12-14)13-15-11-16(23-20-15)17-5-3-9-24-17/h3,5-6,8-9,11,14H,2,4,7,10,12-13H2,1H3/t14-/m0/s1. The van der Waals surface area contributed by atoms with E-state index < -0.39 is 0 Å². The van der Waals surface area contributed by atoms with E-state index in [4.69, 9.17) is 4.52 Å². The Bertz CT molecular complexity index is 777. The Kier molecular flexibility index (Phi) is 4.49. The van der Waals surface area contributed by atoms with Gasteiger partial charge in [-0.3, -0.25) is 4.90 Å². The van der Waals surface area contributed by atoms with Crippen LogP contribution in [0.15, 0.2) is 40.5 Å². The monoisotopic (exact) mass is 342 g/mol. The van der Waals surface area contributed by atoms with Crippen LogP contribution in [0, 0.1) is 5.92 Å². The number of imidazole rings is 1. The highest BCUT2D eigenvalue weighted by molar-refractivity contribution is 7.13. The third kappa shape index (κ3) is 3.44. The fourth-order valence-electron chi connectivity index (χ4n) is 3.46. The summed E-state index contributed by atoms with van der Waals surface area (Å²) in [6.07, 6.45) is 7.49. The van der Waals surface area contributed by atoms with Crippen molar-refractivity contribution in [2.75, 3.05) is 13.1 Å². The van der Waals surface area contributed by atoms with E-state index in [-0.39, 0.29) is 0 Å². The molecular weight excluding hydrogens is 320 g/mol. The number of hydrogen-bond acceptors (Lipinski definition) is 5. The van der Waals surface area contributed by atoms with Gasteiger partial charge in [-0.05, 0) is 36.8 Å². The zero-order valence-corrected chi connectivity index (χ0v) is 14.7. The molecule has 0 radical (unpaired) electrons. The topological polar surface area (TPSA) is 47.1 Å². The first kappa shape index (κ1) is 15.6. The first-order chi connectivity index (χ1) is 11.8. The Balaban J connectivity index is 1.37. The van der Waals surface area contributed by atoms with Gasteiger partial charge < -0.3 is 9.09 Å². The molecule has 1 aliphatic rings. The van der Waals surface area contributed by atoms with Crippen molar-refractivity contribution in [3.63, 3.8) is 0 Å². The van der Waals surface area contributed by atoms with Crippen LogP contribution in [0.25, 0.3) is 10.6 Å². The van der Waals surface area contributed by atoms with Gasteiger partial charge in [-0.2, -0.15) is 0 Å². The van der Waals surface area contributed by atoms with E-state index in [9.17, 15) is 0 Å². The molecule has 0 aromatic carbocycles. The number of aryl methyl sites for hydroxylation is 1. The number of thiophene rings is 1. The maximum atomic E-state index is 5.50. The summed E-state index contributed by atoms with van der Waals surface area (Å²) in [6.45, 7) is 3.11. The number of piperidine rings is 1.